The fourth-order valence-corrected chi connectivity index (χ4v) is 11.2. The van der Waals surface area contributed by atoms with E-state index in [0.717, 1.165) is 39.0 Å². The molecule has 0 aliphatic heterocycles. The zero-order chi connectivity index (χ0) is 36.5. The third-order valence-corrected chi connectivity index (χ3v) is 13.6. The molecule has 0 atom stereocenters. The summed E-state index contributed by atoms with van der Waals surface area (Å²) < 4.78 is 14.0. The lowest BCUT2D eigenvalue weighted by molar-refractivity contribution is 0.667. The first kappa shape index (κ1) is 30.4. The van der Waals surface area contributed by atoms with Crippen molar-refractivity contribution in [1.29, 1.82) is 0 Å². The summed E-state index contributed by atoms with van der Waals surface area (Å²) in [6.07, 6.45) is 3.79. The van der Waals surface area contributed by atoms with Gasteiger partial charge in [0.1, 0.15) is 16.8 Å². The Bertz CT molecular complexity index is 3780. The monoisotopic (exact) mass is 750 g/mol. The molecule has 56 heavy (non-hydrogen) atoms. The molecule has 0 radical (unpaired) electrons. The normalized spacial score (nSPS) is 12.3. The molecule has 0 aliphatic rings. The highest BCUT2D eigenvalue weighted by atomic mass is 32.1. The summed E-state index contributed by atoms with van der Waals surface area (Å²) in [6.45, 7) is 0. The average Bonchev–Trinajstić information content (AvgIpc) is 4.02. The van der Waals surface area contributed by atoms with Crippen LogP contribution in [-0.4, -0.2) is 19.5 Å². The van der Waals surface area contributed by atoms with Gasteiger partial charge in [-0.3, -0.25) is 4.98 Å². The molecule has 7 heteroatoms. The minimum atomic E-state index is 0.668. The molecule has 13 aromatic rings. The van der Waals surface area contributed by atoms with Gasteiger partial charge >= 0.3 is 0 Å². The van der Waals surface area contributed by atoms with Crippen LogP contribution in [0.25, 0.3) is 123 Å². The number of para-hydroxylation sites is 2. The lowest BCUT2D eigenvalue weighted by atomic mass is 10.00. The average molecular weight is 751 g/mol. The highest BCUT2D eigenvalue weighted by Gasteiger charge is 2.23. The molecule has 6 heterocycles. The van der Waals surface area contributed by atoms with Gasteiger partial charge in [-0.05, 0) is 48.5 Å². The number of fused-ring (bicyclic) bond motifs is 16. The van der Waals surface area contributed by atoms with Gasteiger partial charge in [0.25, 0.3) is 0 Å². The van der Waals surface area contributed by atoms with E-state index in [1.165, 1.54) is 72.9 Å². The van der Waals surface area contributed by atoms with Crippen molar-refractivity contribution >= 4 is 118 Å². The Balaban J connectivity index is 1.04. The van der Waals surface area contributed by atoms with E-state index < -0.39 is 0 Å². The Hall–Kier alpha value is -6.93. The summed E-state index contributed by atoms with van der Waals surface area (Å²) in [7, 11) is 0. The number of rotatable bonds is 3. The van der Waals surface area contributed by atoms with Crippen LogP contribution in [0.4, 0.5) is 0 Å². The van der Waals surface area contributed by atoms with Gasteiger partial charge in [-0.25, -0.2) is 9.97 Å². The molecule has 7 aromatic carbocycles. The number of hydrogen-bond acceptors (Lipinski definition) is 6. The summed E-state index contributed by atoms with van der Waals surface area (Å²) in [5.74, 6) is 0.668. The molecule has 5 nitrogen and oxygen atoms in total. The van der Waals surface area contributed by atoms with Gasteiger partial charge in [0.2, 0.25) is 0 Å². The fraction of sp³-hybridized carbons (Fsp3) is 0. The maximum absolute atomic E-state index is 6.54. The van der Waals surface area contributed by atoms with Crippen LogP contribution in [0.5, 0.6) is 0 Å². The molecule has 0 spiro atoms. The van der Waals surface area contributed by atoms with Crippen LogP contribution in [0, 0.1) is 0 Å². The highest BCUT2D eigenvalue weighted by Crippen LogP contribution is 2.48. The smallest absolute Gasteiger partial charge is 0.180 e. The van der Waals surface area contributed by atoms with Crippen LogP contribution in [0.15, 0.2) is 162 Å². The van der Waals surface area contributed by atoms with Crippen molar-refractivity contribution in [3.8, 4) is 28.3 Å². The van der Waals surface area contributed by atoms with E-state index in [9.17, 15) is 0 Å². The molecular formula is C49H26N4OS2. The molecule has 260 valence electrons. The zero-order valence-electron chi connectivity index (χ0n) is 29.5. The number of benzene rings is 7. The van der Waals surface area contributed by atoms with Gasteiger partial charge < -0.3 is 8.98 Å². The molecule has 13 rings (SSSR count). The van der Waals surface area contributed by atoms with Crippen molar-refractivity contribution in [2.24, 2.45) is 0 Å². The third kappa shape index (κ3) is 4.15. The first-order valence-electron chi connectivity index (χ1n) is 18.6. The van der Waals surface area contributed by atoms with E-state index in [0.29, 0.717) is 11.4 Å². The number of nitrogens with zero attached hydrogens (tertiary/aromatic N) is 4. The van der Waals surface area contributed by atoms with Crippen molar-refractivity contribution in [3.05, 3.63) is 158 Å². The van der Waals surface area contributed by atoms with Gasteiger partial charge in [0.05, 0.1) is 15.7 Å². The molecule has 0 aliphatic carbocycles. The molecule has 0 unspecified atom stereocenters. The van der Waals surface area contributed by atoms with E-state index in [1.54, 1.807) is 11.3 Å². The largest absolute Gasteiger partial charge is 0.452 e. The van der Waals surface area contributed by atoms with Crippen LogP contribution < -0.4 is 0 Å². The van der Waals surface area contributed by atoms with E-state index in [1.807, 2.05) is 41.9 Å². The van der Waals surface area contributed by atoms with Gasteiger partial charge in [-0.1, -0.05) is 97.1 Å². The van der Waals surface area contributed by atoms with E-state index in [2.05, 4.69) is 137 Å². The second kappa shape index (κ2) is 11.3. The van der Waals surface area contributed by atoms with Crippen LogP contribution in [0.1, 0.15) is 0 Å². The SMILES string of the molecule is c1ccc2c(c1)oc1c(-c3ccc(-n4c5ccccc5c5c6c7ccccc7sc6c6ccccc6c54)cc3)nc(-c3ccc4c(c3)sc3cnccc34)nc12. The Morgan fingerprint density at radius 3 is 2.14 bits per heavy atom. The lowest BCUT2D eigenvalue weighted by Crippen LogP contribution is -1.96. The van der Waals surface area contributed by atoms with Gasteiger partial charge in [0, 0.05) is 91.8 Å². The van der Waals surface area contributed by atoms with Crippen LogP contribution in [-0.2, 0) is 0 Å². The molecule has 0 N–H and O–H groups in total. The molecule has 0 fully saturated rings. The minimum absolute atomic E-state index is 0.668. The second-order valence-electron chi connectivity index (χ2n) is 14.3. The van der Waals surface area contributed by atoms with Crippen molar-refractivity contribution in [3.63, 3.8) is 0 Å². The first-order chi connectivity index (χ1) is 27.8. The predicted octanol–water partition coefficient (Wildman–Crippen LogP) is 14.1. The molecule has 0 saturated heterocycles. The maximum atomic E-state index is 6.54. The standard InChI is InChI=1S/C49H26N4OS2/c1-2-10-33-32(9-1)46-42(43-36-13-5-8-16-39(36)56-48(33)43)34-11-3-6-14-37(34)53(46)29-20-17-27(18-21-29)44-47-45(35-12-4-7-15-38(35)54-47)52-49(51-44)28-19-22-30-31-23-24-50-26-41(31)55-40(30)25-28/h1-26H. The lowest BCUT2D eigenvalue weighted by Gasteiger charge is -2.12. The number of aromatic nitrogens is 4. The van der Waals surface area contributed by atoms with Crippen molar-refractivity contribution < 1.29 is 4.42 Å². The Morgan fingerprint density at radius 2 is 1.25 bits per heavy atom. The van der Waals surface area contributed by atoms with E-state index in [4.69, 9.17) is 14.4 Å². The van der Waals surface area contributed by atoms with Crippen LogP contribution in [0.2, 0.25) is 0 Å². The molecule has 6 aromatic heterocycles. The van der Waals surface area contributed by atoms with Crippen LogP contribution >= 0.6 is 22.7 Å². The van der Waals surface area contributed by atoms with E-state index >= 15 is 0 Å². The summed E-state index contributed by atoms with van der Waals surface area (Å²) in [4.78, 5) is 14.8. The number of hydrogen-bond donors (Lipinski definition) is 0. The summed E-state index contributed by atoms with van der Waals surface area (Å²) in [6, 6.07) is 52.0. The summed E-state index contributed by atoms with van der Waals surface area (Å²) in [5, 5.41) is 11.1. The Kier molecular flexibility index (Phi) is 6.14. The Labute approximate surface area is 326 Å². The van der Waals surface area contributed by atoms with Gasteiger partial charge in [-0.15, -0.1) is 22.7 Å². The fourth-order valence-electron chi connectivity index (χ4n) is 8.84. The molecule has 0 amide bonds. The maximum Gasteiger partial charge on any atom is 0.180 e. The number of thiophene rings is 2. The van der Waals surface area contributed by atoms with Gasteiger partial charge in [0.15, 0.2) is 11.4 Å². The summed E-state index contributed by atoms with van der Waals surface area (Å²) in [5.41, 5.74) is 8.48. The Morgan fingerprint density at radius 1 is 0.518 bits per heavy atom. The minimum Gasteiger partial charge on any atom is -0.452 e. The highest BCUT2D eigenvalue weighted by molar-refractivity contribution is 7.27. The number of furan rings is 1. The predicted molar refractivity (Wildman–Crippen MR) is 236 cm³/mol. The van der Waals surface area contributed by atoms with Crippen molar-refractivity contribution in [2.75, 3.05) is 0 Å². The van der Waals surface area contributed by atoms with Crippen molar-refractivity contribution in [2.45, 2.75) is 0 Å². The molecular weight excluding hydrogens is 725 g/mol. The molecule has 0 bridgehead atoms. The molecule has 0 saturated carbocycles. The summed E-state index contributed by atoms with van der Waals surface area (Å²) >= 11 is 3.63. The van der Waals surface area contributed by atoms with Crippen LogP contribution in [0.3, 0.4) is 0 Å². The zero-order valence-corrected chi connectivity index (χ0v) is 31.2. The topological polar surface area (TPSA) is 56.7 Å². The first-order valence-corrected chi connectivity index (χ1v) is 20.2. The second-order valence-corrected chi connectivity index (χ2v) is 16.5. The number of pyridine rings is 1. The quantitative estimate of drug-likeness (QED) is 0.180. The van der Waals surface area contributed by atoms with Gasteiger partial charge in [-0.2, -0.15) is 0 Å². The third-order valence-electron chi connectivity index (χ3n) is 11.3. The van der Waals surface area contributed by atoms with E-state index in [-0.39, 0.29) is 0 Å². The van der Waals surface area contributed by atoms with Crippen molar-refractivity contribution in [1.82, 2.24) is 19.5 Å².